The van der Waals surface area contributed by atoms with Crippen LogP contribution < -0.4 is 10.6 Å². The first-order chi connectivity index (χ1) is 26.2. The van der Waals surface area contributed by atoms with Crippen LogP contribution in [0.2, 0.25) is 0 Å². The van der Waals surface area contributed by atoms with Gasteiger partial charge in [0.05, 0.1) is 11.4 Å². The van der Waals surface area contributed by atoms with Gasteiger partial charge in [0.15, 0.2) is 0 Å². The number of likely N-dealkylation sites (tertiary alicyclic amines) is 2. The second-order valence-electron chi connectivity index (χ2n) is 14.1. The van der Waals surface area contributed by atoms with Crippen molar-refractivity contribution in [3.63, 3.8) is 0 Å². The van der Waals surface area contributed by atoms with E-state index in [2.05, 4.69) is 32.8 Å². The Morgan fingerprint density at radius 1 is 0.722 bits per heavy atom. The monoisotopic (exact) mass is 722 g/mol. The number of nitrogens with zero attached hydrogens (tertiary/aromatic N) is 6. The summed E-state index contributed by atoms with van der Waals surface area (Å²) in [7, 11) is 0. The van der Waals surface area contributed by atoms with Crippen LogP contribution in [0, 0.1) is 19.8 Å². The van der Waals surface area contributed by atoms with E-state index >= 15 is 0 Å². The molecular weight excluding hydrogens is 681 g/mol. The summed E-state index contributed by atoms with van der Waals surface area (Å²) in [5.74, 6) is -0.603. The summed E-state index contributed by atoms with van der Waals surface area (Å²) in [6, 6.07) is 17.8. The number of amides is 4. The number of fused-ring (bicyclic) bond motifs is 2. The second-order valence-corrected chi connectivity index (χ2v) is 14.1. The van der Waals surface area contributed by atoms with Crippen LogP contribution in [-0.4, -0.2) is 77.4 Å². The van der Waals surface area contributed by atoms with Crippen molar-refractivity contribution >= 4 is 46.7 Å². The topological polar surface area (TPSA) is 133 Å². The molecule has 0 spiro atoms. The fraction of sp³-hybridized carbons (Fsp3) is 0.286. The van der Waals surface area contributed by atoms with E-state index < -0.39 is 12.1 Å². The van der Waals surface area contributed by atoms with Gasteiger partial charge >= 0.3 is 0 Å². The summed E-state index contributed by atoms with van der Waals surface area (Å²) in [6.45, 7) is 4.69. The molecular formula is C42H42N8O4. The summed E-state index contributed by atoms with van der Waals surface area (Å²) < 4.78 is 3.58. The molecule has 3 atom stereocenters. The number of benzene rings is 1. The normalized spacial score (nSPS) is 19.9. The third-order valence-corrected chi connectivity index (χ3v) is 10.6. The van der Waals surface area contributed by atoms with E-state index in [1.165, 1.54) is 0 Å². The van der Waals surface area contributed by atoms with Gasteiger partial charge in [-0.2, -0.15) is 0 Å². The number of hydrogen-bond acceptors (Lipinski definition) is 6. The molecule has 2 saturated heterocycles. The van der Waals surface area contributed by atoms with Crippen LogP contribution in [0.15, 0.2) is 103 Å². The molecule has 274 valence electrons. The number of carbonyl (C=O) groups excluding carboxylic acids is 4. The standard InChI is InChI=1S/C42H42N8O4/c1-27-37(49-23-5-3-11-35(49)43-27)41(53)47-25-7-9-33(47)39(51)45-31-19-15-29(16-20-31)13-14-30-17-21-32(22-18-30)46-40(52)34-10-8-26-48(34)42(54)38-28(2)44-36-12-4-6-24-50(36)38/h3-6,11-17,19-24,30,33-34H,7-10,18,25-26H2,1-2H3,(H,45,51)(H,46,52)/b14-13+/t30?,33-,34-/m0/s1. The van der Waals surface area contributed by atoms with Crippen LogP contribution in [0.25, 0.3) is 17.4 Å². The molecule has 2 aliphatic heterocycles. The van der Waals surface area contributed by atoms with Crippen molar-refractivity contribution < 1.29 is 19.2 Å². The average Bonchev–Trinajstić information content (AvgIpc) is 3.99. The number of anilines is 1. The van der Waals surface area contributed by atoms with Crippen molar-refractivity contribution in [1.82, 2.24) is 33.9 Å². The number of hydrogen-bond donors (Lipinski definition) is 2. The maximum atomic E-state index is 13.6. The molecule has 3 aliphatic rings. The Morgan fingerprint density at radius 3 is 1.81 bits per heavy atom. The van der Waals surface area contributed by atoms with Crippen molar-refractivity contribution in [2.45, 2.75) is 58.0 Å². The number of imidazole rings is 2. The average molecular weight is 723 g/mol. The Labute approximate surface area is 312 Å². The number of rotatable bonds is 8. The summed E-state index contributed by atoms with van der Waals surface area (Å²) in [5.41, 5.74) is 6.07. The van der Waals surface area contributed by atoms with Crippen molar-refractivity contribution in [3.8, 4) is 0 Å². The molecule has 2 N–H and O–H groups in total. The van der Waals surface area contributed by atoms with E-state index in [9.17, 15) is 19.2 Å². The van der Waals surface area contributed by atoms with E-state index in [1.54, 1.807) is 18.6 Å². The maximum Gasteiger partial charge on any atom is 0.273 e. The number of aromatic nitrogens is 4. The van der Waals surface area contributed by atoms with E-state index in [-0.39, 0.29) is 29.5 Å². The van der Waals surface area contributed by atoms with Gasteiger partial charge in [0.1, 0.15) is 34.8 Å². The van der Waals surface area contributed by atoms with Crippen molar-refractivity contribution in [2.75, 3.05) is 18.4 Å². The van der Waals surface area contributed by atoms with Crippen LogP contribution in [0.1, 0.15) is 70.0 Å². The van der Waals surface area contributed by atoms with Gasteiger partial charge in [-0.05, 0) is 99.9 Å². The highest BCUT2D eigenvalue weighted by atomic mass is 16.2. The van der Waals surface area contributed by atoms with Gasteiger partial charge in [0.25, 0.3) is 11.8 Å². The number of allylic oxidation sites excluding steroid dienone is 4. The fourth-order valence-electron chi connectivity index (χ4n) is 7.81. The quantitative estimate of drug-likeness (QED) is 0.210. The number of nitrogens with one attached hydrogen (secondary N) is 2. The van der Waals surface area contributed by atoms with Crippen molar-refractivity contribution in [3.05, 3.63) is 131 Å². The maximum absolute atomic E-state index is 13.6. The molecule has 0 saturated carbocycles. The third-order valence-electron chi connectivity index (χ3n) is 10.6. The molecule has 5 aromatic rings. The highest BCUT2D eigenvalue weighted by molar-refractivity contribution is 6.02. The molecule has 12 nitrogen and oxygen atoms in total. The third kappa shape index (κ3) is 6.70. The molecule has 2 fully saturated rings. The van der Waals surface area contributed by atoms with Crippen LogP contribution in [-0.2, 0) is 9.59 Å². The van der Waals surface area contributed by atoms with E-state index in [0.29, 0.717) is 65.7 Å². The van der Waals surface area contributed by atoms with Gasteiger partial charge in [-0.15, -0.1) is 0 Å². The Morgan fingerprint density at radius 2 is 1.28 bits per heavy atom. The zero-order chi connectivity index (χ0) is 37.3. The van der Waals surface area contributed by atoms with Gasteiger partial charge < -0.3 is 20.4 Å². The Bertz CT molecular complexity index is 2370. The Balaban J connectivity index is 0.837. The molecule has 12 heteroatoms. The minimum Gasteiger partial charge on any atom is -0.325 e. The highest BCUT2D eigenvalue weighted by Crippen LogP contribution is 2.26. The lowest BCUT2D eigenvalue weighted by Gasteiger charge is -2.25. The predicted octanol–water partition coefficient (Wildman–Crippen LogP) is 5.74. The van der Waals surface area contributed by atoms with Crippen molar-refractivity contribution in [2.24, 2.45) is 5.92 Å². The molecule has 1 aliphatic carbocycles. The molecule has 1 unspecified atom stereocenters. The molecule has 8 rings (SSSR count). The van der Waals surface area contributed by atoms with Gasteiger partial charge in [-0.3, -0.25) is 28.0 Å². The zero-order valence-electron chi connectivity index (χ0n) is 30.3. The van der Waals surface area contributed by atoms with Gasteiger partial charge in [0, 0.05) is 36.9 Å². The molecule has 6 heterocycles. The first-order valence-corrected chi connectivity index (χ1v) is 18.5. The summed E-state index contributed by atoms with van der Waals surface area (Å²) in [6.07, 6.45) is 17.2. The molecule has 4 amide bonds. The Hall–Kier alpha value is -6.30. The van der Waals surface area contributed by atoms with Gasteiger partial charge in [0.2, 0.25) is 11.8 Å². The van der Waals surface area contributed by atoms with E-state index in [4.69, 9.17) is 0 Å². The van der Waals surface area contributed by atoms with Gasteiger partial charge in [-0.25, -0.2) is 9.97 Å². The first kappa shape index (κ1) is 34.8. The number of carbonyl (C=O) groups is 4. The Kier molecular flexibility index (Phi) is 9.41. The van der Waals surface area contributed by atoms with Crippen LogP contribution >= 0.6 is 0 Å². The molecule has 4 aromatic heterocycles. The minimum atomic E-state index is -0.557. The summed E-state index contributed by atoms with van der Waals surface area (Å²) in [4.78, 5) is 66.4. The van der Waals surface area contributed by atoms with E-state index in [1.807, 2.05) is 105 Å². The predicted molar refractivity (Wildman–Crippen MR) is 206 cm³/mol. The lowest BCUT2D eigenvalue weighted by atomic mass is 9.98. The number of pyridine rings is 2. The van der Waals surface area contributed by atoms with E-state index in [0.717, 1.165) is 30.5 Å². The summed E-state index contributed by atoms with van der Waals surface area (Å²) >= 11 is 0. The fourth-order valence-corrected chi connectivity index (χ4v) is 7.81. The second kappa shape index (κ2) is 14.6. The molecule has 0 bridgehead atoms. The molecule has 54 heavy (non-hydrogen) atoms. The first-order valence-electron chi connectivity index (χ1n) is 18.5. The van der Waals surface area contributed by atoms with Crippen LogP contribution in [0.4, 0.5) is 5.69 Å². The van der Waals surface area contributed by atoms with Crippen molar-refractivity contribution in [1.29, 1.82) is 0 Å². The zero-order valence-corrected chi connectivity index (χ0v) is 30.3. The largest absolute Gasteiger partial charge is 0.325 e. The lowest BCUT2D eigenvalue weighted by molar-refractivity contribution is -0.124. The molecule has 1 aromatic carbocycles. The smallest absolute Gasteiger partial charge is 0.273 e. The highest BCUT2D eigenvalue weighted by Gasteiger charge is 2.38. The SMILES string of the molecule is Cc1nc2ccccn2c1C(=O)N1CCC[C@H]1C(=O)NC1=CCC(/C=C/c2ccc(NC(=O)[C@@H]3CCCN3C(=O)c3c(C)nc4ccccn34)cc2)C=C1. The minimum absolute atomic E-state index is 0.148. The van der Waals surface area contributed by atoms with Crippen LogP contribution in [0.3, 0.4) is 0 Å². The number of aryl methyl sites for hydroxylation is 2. The van der Waals surface area contributed by atoms with Crippen LogP contribution in [0.5, 0.6) is 0 Å². The summed E-state index contributed by atoms with van der Waals surface area (Å²) in [5, 5.41) is 6.05. The van der Waals surface area contributed by atoms with Gasteiger partial charge in [-0.1, -0.05) is 48.6 Å². The molecule has 0 radical (unpaired) electrons. The lowest BCUT2D eigenvalue weighted by Crippen LogP contribution is -2.46.